The number of nitrogens with zero attached hydrogens (tertiary/aromatic N) is 1. The molecule has 5 heteroatoms. The number of carboxylic acids is 1. The number of amides is 1. The summed E-state index contributed by atoms with van der Waals surface area (Å²) in [5.41, 5.74) is 5.62. The first-order valence-corrected chi connectivity index (χ1v) is 8.32. The number of carboxylic acid groups (broad SMARTS) is 1. The zero-order valence-corrected chi connectivity index (χ0v) is 13.2. The van der Waals surface area contributed by atoms with Crippen LogP contribution in [-0.2, 0) is 9.59 Å². The van der Waals surface area contributed by atoms with Crippen LogP contribution in [0.15, 0.2) is 0 Å². The van der Waals surface area contributed by atoms with Gasteiger partial charge in [-0.3, -0.25) is 4.79 Å². The van der Waals surface area contributed by atoms with Gasteiger partial charge in [-0.15, -0.1) is 0 Å². The van der Waals surface area contributed by atoms with Gasteiger partial charge in [0.05, 0.1) is 0 Å². The SMILES string of the molecule is CCCC(CCN)CCC(=O)N1CCCCCC1C(=O)O. The Balaban J connectivity index is 2.55. The highest BCUT2D eigenvalue weighted by molar-refractivity contribution is 5.83. The Morgan fingerprint density at radius 1 is 1.24 bits per heavy atom. The van der Waals surface area contributed by atoms with Crippen LogP contribution in [0.3, 0.4) is 0 Å². The Kier molecular flexibility index (Phi) is 8.35. The van der Waals surface area contributed by atoms with Crippen molar-refractivity contribution in [3.8, 4) is 0 Å². The number of aliphatic carboxylic acids is 1. The van der Waals surface area contributed by atoms with Crippen LogP contribution in [0, 0.1) is 5.92 Å². The largest absolute Gasteiger partial charge is 0.480 e. The molecule has 0 aromatic heterocycles. The summed E-state index contributed by atoms with van der Waals surface area (Å²) in [5, 5.41) is 9.32. The topological polar surface area (TPSA) is 83.6 Å². The molecule has 1 fully saturated rings. The van der Waals surface area contributed by atoms with Gasteiger partial charge in [-0.2, -0.15) is 0 Å². The highest BCUT2D eigenvalue weighted by atomic mass is 16.4. The van der Waals surface area contributed by atoms with E-state index in [4.69, 9.17) is 5.73 Å². The molecule has 21 heavy (non-hydrogen) atoms. The lowest BCUT2D eigenvalue weighted by Gasteiger charge is -2.27. The molecular weight excluding hydrogens is 268 g/mol. The number of nitrogens with two attached hydrogens (primary N) is 1. The fraction of sp³-hybridized carbons (Fsp3) is 0.875. The summed E-state index contributed by atoms with van der Waals surface area (Å²) in [6.07, 6.45) is 7.82. The van der Waals surface area contributed by atoms with Crippen molar-refractivity contribution < 1.29 is 14.7 Å². The van der Waals surface area contributed by atoms with Crippen LogP contribution in [0.25, 0.3) is 0 Å². The number of carbonyl (C=O) groups excluding carboxylic acids is 1. The van der Waals surface area contributed by atoms with E-state index in [9.17, 15) is 14.7 Å². The van der Waals surface area contributed by atoms with Gasteiger partial charge in [0.25, 0.3) is 0 Å². The first-order valence-electron chi connectivity index (χ1n) is 8.32. The van der Waals surface area contributed by atoms with E-state index in [-0.39, 0.29) is 5.91 Å². The van der Waals surface area contributed by atoms with Crippen molar-refractivity contribution in [3.05, 3.63) is 0 Å². The molecule has 0 bridgehead atoms. The molecule has 5 nitrogen and oxygen atoms in total. The number of rotatable bonds is 8. The number of carbonyl (C=O) groups is 2. The van der Waals surface area contributed by atoms with Crippen molar-refractivity contribution >= 4 is 11.9 Å². The number of hydrogen-bond acceptors (Lipinski definition) is 3. The molecular formula is C16H30N2O3. The van der Waals surface area contributed by atoms with Gasteiger partial charge in [0.2, 0.25) is 5.91 Å². The predicted octanol–water partition coefficient (Wildman–Crippen LogP) is 2.39. The lowest BCUT2D eigenvalue weighted by molar-refractivity contribution is -0.150. The molecule has 3 N–H and O–H groups in total. The van der Waals surface area contributed by atoms with Crippen LogP contribution >= 0.6 is 0 Å². The zero-order valence-electron chi connectivity index (χ0n) is 13.2. The Bertz CT molecular complexity index is 327. The quantitative estimate of drug-likeness (QED) is 0.720. The normalized spacial score (nSPS) is 20.9. The molecule has 0 saturated carbocycles. The summed E-state index contributed by atoms with van der Waals surface area (Å²) in [5.74, 6) is -0.376. The van der Waals surface area contributed by atoms with Crippen LogP contribution in [0.5, 0.6) is 0 Å². The summed E-state index contributed by atoms with van der Waals surface area (Å²) in [6.45, 7) is 3.38. The van der Waals surface area contributed by atoms with Crippen molar-refractivity contribution in [2.45, 2.75) is 70.8 Å². The van der Waals surface area contributed by atoms with Crippen LogP contribution in [-0.4, -0.2) is 41.0 Å². The van der Waals surface area contributed by atoms with Gasteiger partial charge in [0, 0.05) is 13.0 Å². The van der Waals surface area contributed by atoms with Gasteiger partial charge < -0.3 is 15.7 Å². The Morgan fingerprint density at radius 3 is 2.62 bits per heavy atom. The molecule has 0 aromatic carbocycles. The van der Waals surface area contributed by atoms with E-state index in [1.807, 2.05) is 0 Å². The van der Waals surface area contributed by atoms with E-state index in [1.165, 1.54) is 0 Å². The van der Waals surface area contributed by atoms with Gasteiger partial charge in [0.15, 0.2) is 0 Å². The van der Waals surface area contributed by atoms with Crippen LogP contribution in [0.2, 0.25) is 0 Å². The molecule has 0 radical (unpaired) electrons. The van der Waals surface area contributed by atoms with E-state index in [0.717, 1.165) is 44.9 Å². The van der Waals surface area contributed by atoms with Crippen LogP contribution < -0.4 is 5.73 Å². The van der Waals surface area contributed by atoms with Gasteiger partial charge in [-0.1, -0.05) is 32.6 Å². The molecule has 2 atom stereocenters. The lowest BCUT2D eigenvalue weighted by Crippen LogP contribution is -2.44. The zero-order chi connectivity index (χ0) is 15.7. The van der Waals surface area contributed by atoms with E-state index >= 15 is 0 Å². The monoisotopic (exact) mass is 298 g/mol. The van der Waals surface area contributed by atoms with E-state index in [0.29, 0.717) is 31.8 Å². The number of hydrogen-bond donors (Lipinski definition) is 2. The summed E-state index contributed by atoms with van der Waals surface area (Å²) < 4.78 is 0. The van der Waals surface area contributed by atoms with E-state index in [1.54, 1.807) is 4.90 Å². The molecule has 0 spiro atoms. The highest BCUT2D eigenvalue weighted by Gasteiger charge is 2.30. The minimum absolute atomic E-state index is 0.00224. The third-order valence-corrected chi connectivity index (χ3v) is 4.40. The van der Waals surface area contributed by atoms with Crippen molar-refractivity contribution in [3.63, 3.8) is 0 Å². The van der Waals surface area contributed by atoms with E-state index in [2.05, 4.69) is 6.92 Å². The molecule has 0 aliphatic carbocycles. The molecule has 1 heterocycles. The lowest BCUT2D eigenvalue weighted by atomic mass is 9.94. The minimum Gasteiger partial charge on any atom is -0.480 e. The van der Waals surface area contributed by atoms with Crippen molar-refractivity contribution in [1.82, 2.24) is 4.90 Å². The molecule has 0 aromatic rings. The van der Waals surface area contributed by atoms with Gasteiger partial charge in [0.1, 0.15) is 6.04 Å². The third kappa shape index (κ3) is 6.04. The predicted molar refractivity (Wildman–Crippen MR) is 82.9 cm³/mol. The second-order valence-electron chi connectivity index (χ2n) is 6.06. The van der Waals surface area contributed by atoms with Gasteiger partial charge >= 0.3 is 5.97 Å². The Morgan fingerprint density at radius 2 is 2.00 bits per heavy atom. The molecule has 122 valence electrons. The molecule has 1 saturated heterocycles. The first kappa shape index (κ1) is 18.0. The smallest absolute Gasteiger partial charge is 0.326 e. The summed E-state index contributed by atoms with van der Waals surface area (Å²) in [7, 11) is 0. The van der Waals surface area contributed by atoms with Crippen molar-refractivity contribution in [1.29, 1.82) is 0 Å². The third-order valence-electron chi connectivity index (χ3n) is 4.40. The second-order valence-corrected chi connectivity index (χ2v) is 6.06. The summed E-state index contributed by atoms with van der Waals surface area (Å²) in [6, 6.07) is -0.626. The Hall–Kier alpha value is -1.10. The van der Waals surface area contributed by atoms with Crippen LogP contribution in [0.1, 0.15) is 64.7 Å². The van der Waals surface area contributed by atoms with Crippen LogP contribution in [0.4, 0.5) is 0 Å². The first-order chi connectivity index (χ1) is 10.1. The maximum atomic E-state index is 12.4. The van der Waals surface area contributed by atoms with Gasteiger partial charge in [-0.05, 0) is 38.1 Å². The van der Waals surface area contributed by atoms with E-state index < -0.39 is 12.0 Å². The molecule has 1 amide bonds. The second kappa shape index (κ2) is 9.77. The maximum Gasteiger partial charge on any atom is 0.326 e. The molecule has 2 unspecified atom stereocenters. The highest BCUT2D eigenvalue weighted by Crippen LogP contribution is 2.21. The van der Waals surface area contributed by atoms with Gasteiger partial charge in [-0.25, -0.2) is 4.79 Å². The van der Waals surface area contributed by atoms with Crippen molar-refractivity contribution in [2.24, 2.45) is 11.7 Å². The fourth-order valence-corrected chi connectivity index (χ4v) is 3.21. The molecule has 1 aliphatic heterocycles. The molecule has 1 aliphatic rings. The summed E-state index contributed by atoms with van der Waals surface area (Å²) >= 11 is 0. The minimum atomic E-state index is -0.864. The number of likely N-dealkylation sites (tertiary alicyclic amines) is 1. The Labute approximate surface area is 127 Å². The molecule has 1 rings (SSSR count). The average molecular weight is 298 g/mol. The standard InChI is InChI=1S/C16H30N2O3/c1-2-6-13(10-11-17)8-9-15(19)18-12-5-3-4-7-14(18)16(20)21/h13-14H,2-12,17H2,1H3,(H,20,21). The maximum absolute atomic E-state index is 12.4. The average Bonchev–Trinajstić information content (AvgIpc) is 2.70. The summed E-state index contributed by atoms with van der Waals surface area (Å²) in [4.78, 5) is 25.4. The fourth-order valence-electron chi connectivity index (χ4n) is 3.21. The van der Waals surface area contributed by atoms with Crippen molar-refractivity contribution in [2.75, 3.05) is 13.1 Å².